The summed E-state index contributed by atoms with van der Waals surface area (Å²) >= 11 is 0. The van der Waals surface area contributed by atoms with E-state index in [1.807, 2.05) is 32.0 Å². The van der Waals surface area contributed by atoms with Crippen LogP contribution in [0.1, 0.15) is 34.3 Å². The predicted molar refractivity (Wildman–Crippen MR) is 65.5 cm³/mol. The fraction of sp³-hybridized carbons (Fsp3) is 0.429. The number of nitriles is 1. The van der Waals surface area contributed by atoms with Crippen LogP contribution in [0, 0.1) is 31.1 Å². The number of nitrogens with one attached hydrogen (secondary N) is 1. The molecule has 1 aromatic carbocycles. The van der Waals surface area contributed by atoms with Crippen molar-refractivity contribution in [3.8, 4) is 6.07 Å². The first-order valence-corrected chi connectivity index (χ1v) is 5.89. The van der Waals surface area contributed by atoms with Crippen molar-refractivity contribution >= 4 is 5.91 Å². The summed E-state index contributed by atoms with van der Waals surface area (Å²) in [5.74, 6) is 0.221. The van der Waals surface area contributed by atoms with E-state index < -0.39 is 0 Å². The van der Waals surface area contributed by atoms with Crippen molar-refractivity contribution in [3.63, 3.8) is 0 Å². The number of nitrogens with zero attached hydrogens (tertiary/aromatic N) is 1. The van der Waals surface area contributed by atoms with Gasteiger partial charge in [0, 0.05) is 5.56 Å². The summed E-state index contributed by atoms with van der Waals surface area (Å²) in [5.41, 5.74) is 2.67. The van der Waals surface area contributed by atoms with Crippen LogP contribution in [0.2, 0.25) is 0 Å². The lowest BCUT2D eigenvalue weighted by atomic mass is 10.0. The van der Waals surface area contributed by atoms with E-state index in [1.54, 1.807) is 0 Å². The van der Waals surface area contributed by atoms with Crippen LogP contribution in [0.25, 0.3) is 0 Å². The predicted octanol–water partition coefficient (Wildman–Crippen LogP) is 2.34. The van der Waals surface area contributed by atoms with E-state index in [4.69, 9.17) is 5.26 Å². The Labute approximate surface area is 101 Å². The lowest BCUT2D eigenvalue weighted by Gasteiger charge is -2.12. The van der Waals surface area contributed by atoms with Crippen LogP contribution in [0.4, 0.5) is 0 Å². The topological polar surface area (TPSA) is 52.9 Å². The molecule has 2 rings (SSSR count). The van der Waals surface area contributed by atoms with Crippen molar-refractivity contribution < 1.29 is 4.79 Å². The number of benzene rings is 1. The lowest BCUT2D eigenvalue weighted by Crippen LogP contribution is -2.35. The summed E-state index contributed by atoms with van der Waals surface area (Å²) in [4.78, 5) is 12.1. The van der Waals surface area contributed by atoms with Gasteiger partial charge in [-0.1, -0.05) is 17.7 Å². The second-order valence-corrected chi connectivity index (χ2v) is 4.74. The minimum Gasteiger partial charge on any atom is -0.336 e. The molecule has 0 spiro atoms. The highest BCUT2D eigenvalue weighted by atomic mass is 16.1. The number of carbonyl (C=O) groups excluding carboxylic acids is 1. The van der Waals surface area contributed by atoms with Gasteiger partial charge < -0.3 is 5.32 Å². The molecule has 3 nitrogen and oxygen atoms in total. The molecule has 0 aromatic heterocycles. The lowest BCUT2D eigenvalue weighted by molar-refractivity contribution is 0.0941. The van der Waals surface area contributed by atoms with Crippen molar-refractivity contribution in [2.45, 2.75) is 32.7 Å². The van der Waals surface area contributed by atoms with Crippen LogP contribution >= 0.6 is 0 Å². The monoisotopic (exact) mass is 228 g/mol. The number of hydrogen-bond donors (Lipinski definition) is 1. The molecule has 0 heterocycles. The Morgan fingerprint density at radius 3 is 2.76 bits per heavy atom. The van der Waals surface area contributed by atoms with Crippen LogP contribution < -0.4 is 5.32 Å². The number of rotatable bonds is 3. The van der Waals surface area contributed by atoms with E-state index >= 15 is 0 Å². The fourth-order valence-corrected chi connectivity index (χ4v) is 1.88. The van der Waals surface area contributed by atoms with Crippen LogP contribution in [0.3, 0.4) is 0 Å². The molecular weight excluding hydrogens is 212 g/mol. The van der Waals surface area contributed by atoms with E-state index in [0.29, 0.717) is 11.5 Å². The summed E-state index contributed by atoms with van der Waals surface area (Å²) in [6, 6.07) is 7.62. The molecule has 1 atom stereocenters. The Morgan fingerprint density at radius 1 is 1.47 bits per heavy atom. The Kier molecular flexibility index (Phi) is 3.14. The molecule has 1 N–H and O–H groups in total. The van der Waals surface area contributed by atoms with Crippen molar-refractivity contribution in [1.29, 1.82) is 5.26 Å². The van der Waals surface area contributed by atoms with Crippen LogP contribution in [0.5, 0.6) is 0 Å². The third-order valence-corrected chi connectivity index (χ3v) is 3.16. The first kappa shape index (κ1) is 11.7. The molecule has 17 heavy (non-hydrogen) atoms. The summed E-state index contributed by atoms with van der Waals surface area (Å²) in [6.45, 7) is 3.87. The van der Waals surface area contributed by atoms with Gasteiger partial charge in [0.25, 0.3) is 5.91 Å². The zero-order chi connectivity index (χ0) is 12.4. The maximum absolute atomic E-state index is 12.1. The molecule has 1 aliphatic rings. The van der Waals surface area contributed by atoms with Crippen molar-refractivity contribution in [2.75, 3.05) is 0 Å². The third kappa shape index (κ3) is 2.65. The SMILES string of the molecule is Cc1ccc(C)c(C(=O)NC(C#N)C2CC2)c1. The van der Waals surface area contributed by atoms with Gasteiger partial charge in [-0.3, -0.25) is 4.79 Å². The average Bonchev–Trinajstić information content (AvgIpc) is 3.13. The first-order valence-electron chi connectivity index (χ1n) is 5.89. The Morgan fingerprint density at radius 2 is 2.18 bits per heavy atom. The fourth-order valence-electron chi connectivity index (χ4n) is 1.88. The zero-order valence-corrected chi connectivity index (χ0v) is 10.2. The Balaban J connectivity index is 2.13. The van der Waals surface area contributed by atoms with Gasteiger partial charge in [-0.15, -0.1) is 0 Å². The molecule has 1 aliphatic carbocycles. The molecule has 1 aromatic rings. The van der Waals surface area contributed by atoms with E-state index in [1.165, 1.54) is 0 Å². The molecule has 88 valence electrons. The summed E-state index contributed by atoms with van der Waals surface area (Å²) in [6.07, 6.45) is 2.09. The van der Waals surface area contributed by atoms with Gasteiger partial charge in [-0.2, -0.15) is 5.26 Å². The number of amides is 1. The maximum Gasteiger partial charge on any atom is 0.252 e. The highest BCUT2D eigenvalue weighted by Crippen LogP contribution is 2.32. The molecule has 3 heteroatoms. The van der Waals surface area contributed by atoms with Crippen molar-refractivity contribution in [2.24, 2.45) is 5.92 Å². The minimum atomic E-state index is -0.331. The Bertz CT molecular complexity index is 483. The highest BCUT2D eigenvalue weighted by Gasteiger charge is 2.32. The minimum absolute atomic E-state index is 0.135. The molecule has 1 unspecified atom stereocenters. The molecule has 0 aliphatic heterocycles. The van der Waals surface area contributed by atoms with Gasteiger partial charge in [0.05, 0.1) is 6.07 Å². The van der Waals surface area contributed by atoms with Gasteiger partial charge in [0.1, 0.15) is 6.04 Å². The molecular formula is C14H16N2O. The second-order valence-electron chi connectivity index (χ2n) is 4.74. The smallest absolute Gasteiger partial charge is 0.252 e. The molecule has 1 fully saturated rings. The van der Waals surface area contributed by atoms with Gasteiger partial charge in [0.2, 0.25) is 0 Å². The van der Waals surface area contributed by atoms with Gasteiger partial charge in [0.15, 0.2) is 0 Å². The summed E-state index contributed by atoms with van der Waals surface area (Å²) in [7, 11) is 0. The normalized spacial score (nSPS) is 16.1. The van der Waals surface area contributed by atoms with Gasteiger partial charge in [-0.25, -0.2) is 0 Å². The van der Waals surface area contributed by atoms with Crippen LogP contribution in [-0.4, -0.2) is 11.9 Å². The number of hydrogen-bond acceptors (Lipinski definition) is 2. The first-order chi connectivity index (χ1) is 8.11. The third-order valence-electron chi connectivity index (χ3n) is 3.16. The summed E-state index contributed by atoms with van der Waals surface area (Å²) < 4.78 is 0. The largest absolute Gasteiger partial charge is 0.336 e. The molecule has 1 saturated carbocycles. The number of carbonyl (C=O) groups is 1. The zero-order valence-electron chi connectivity index (χ0n) is 10.2. The van der Waals surface area contributed by atoms with Crippen LogP contribution in [0.15, 0.2) is 18.2 Å². The molecule has 0 radical (unpaired) electrons. The van der Waals surface area contributed by atoms with Gasteiger partial charge in [-0.05, 0) is 44.2 Å². The standard InChI is InChI=1S/C14H16N2O/c1-9-3-4-10(2)12(7-9)14(17)16-13(8-15)11-5-6-11/h3-4,7,11,13H,5-6H2,1-2H3,(H,16,17). The second kappa shape index (κ2) is 4.58. The van der Waals surface area contributed by atoms with Crippen LogP contribution in [-0.2, 0) is 0 Å². The quantitative estimate of drug-likeness (QED) is 0.863. The van der Waals surface area contributed by atoms with Crippen molar-refractivity contribution in [3.05, 3.63) is 34.9 Å². The van der Waals surface area contributed by atoms with E-state index in [9.17, 15) is 4.79 Å². The van der Waals surface area contributed by atoms with E-state index in [0.717, 1.165) is 24.0 Å². The van der Waals surface area contributed by atoms with E-state index in [2.05, 4.69) is 11.4 Å². The average molecular weight is 228 g/mol. The molecule has 0 bridgehead atoms. The highest BCUT2D eigenvalue weighted by molar-refractivity contribution is 5.96. The molecule has 0 saturated heterocycles. The molecule has 1 amide bonds. The maximum atomic E-state index is 12.1. The van der Waals surface area contributed by atoms with Gasteiger partial charge >= 0.3 is 0 Å². The summed E-state index contributed by atoms with van der Waals surface area (Å²) in [5, 5.41) is 11.8. The van der Waals surface area contributed by atoms with Crippen molar-refractivity contribution in [1.82, 2.24) is 5.32 Å². The Hall–Kier alpha value is -1.82. The number of aryl methyl sites for hydroxylation is 2. The van der Waals surface area contributed by atoms with E-state index in [-0.39, 0.29) is 11.9 Å².